The zero-order valence-corrected chi connectivity index (χ0v) is 19.6. The Morgan fingerprint density at radius 2 is 1.70 bits per heavy atom. The van der Waals surface area contributed by atoms with Crippen LogP contribution in [-0.4, -0.2) is 108 Å². The number of guanidine groups is 1. The third-order valence-electron chi connectivity index (χ3n) is 7.21. The molecule has 0 aliphatic carbocycles. The number of aliphatic imine (C=N–C) groups is 1. The minimum absolute atomic E-state index is 0.167. The van der Waals surface area contributed by atoms with Gasteiger partial charge in [-0.1, -0.05) is 30.3 Å². The van der Waals surface area contributed by atoms with E-state index in [1.54, 1.807) is 11.9 Å². The number of urea groups is 1. The van der Waals surface area contributed by atoms with Crippen molar-refractivity contribution in [3.05, 3.63) is 47.3 Å². The van der Waals surface area contributed by atoms with E-state index in [9.17, 15) is 9.59 Å². The van der Waals surface area contributed by atoms with Crippen molar-refractivity contribution in [3.8, 4) is 0 Å². The second kappa shape index (κ2) is 8.79. The Bertz CT molecular complexity index is 987. The summed E-state index contributed by atoms with van der Waals surface area (Å²) < 4.78 is 5.46. The zero-order valence-electron chi connectivity index (χ0n) is 19.6. The van der Waals surface area contributed by atoms with E-state index in [0.29, 0.717) is 13.0 Å². The van der Waals surface area contributed by atoms with Gasteiger partial charge in [0.15, 0.2) is 12.2 Å². The summed E-state index contributed by atoms with van der Waals surface area (Å²) in [6.45, 7) is 9.59. The third kappa shape index (κ3) is 3.79. The molecule has 0 bridgehead atoms. The summed E-state index contributed by atoms with van der Waals surface area (Å²) in [4.78, 5) is 41.2. The number of carbonyl (C=O) groups is 2. The lowest BCUT2D eigenvalue weighted by Gasteiger charge is -2.40. The van der Waals surface area contributed by atoms with Crippen molar-refractivity contribution in [2.24, 2.45) is 4.99 Å². The molecule has 0 saturated carbocycles. The first-order valence-corrected chi connectivity index (χ1v) is 11.7. The van der Waals surface area contributed by atoms with Crippen molar-refractivity contribution in [1.82, 2.24) is 24.5 Å². The lowest BCUT2D eigenvalue weighted by molar-refractivity contribution is -0.136. The number of carbonyl (C=O) groups excluding carboxylic acids is 2. The summed E-state index contributed by atoms with van der Waals surface area (Å²) in [5.41, 5.74) is 3.25. The van der Waals surface area contributed by atoms with Crippen LogP contribution in [0.2, 0.25) is 0 Å². The summed E-state index contributed by atoms with van der Waals surface area (Å²) in [5, 5.41) is 0. The standard InChI is InChI=1S/C24H32N6O3/c1-17-18(2)30-20-21(25-23(30)28(17)12-11-27-13-15-33-16-14-27)26(3)24(32)29(22(20)31)10-9-19-7-5-4-6-8-19/h4-8,20-21H,9-16H2,1-3H3. The fourth-order valence-corrected chi connectivity index (χ4v) is 5.11. The number of rotatable bonds is 6. The highest BCUT2D eigenvalue weighted by Crippen LogP contribution is 2.37. The smallest absolute Gasteiger partial charge is 0.328 e. The monoisotopic (exact) mass is 452 g/mol. The average Bonchev–Trinajstić information content (AvgIpc) is 3.33. The lowest BCUT2D eigenvalue weighted by atomic mass is 10.1. The van der Waals surface area contributed by atoms with Crippen molar-refractivity contribution in [2.75, 3.05) is 53.0 Å². The van der Waals surface area contributed by atoms with Gasteiger partial charge in [-0.25, -0.2) is 9.79 Å². The number of amides is 3. The molecule has 4 heterocycles. The van der Waals surface area contributed by atoms with Gasteiger partial charge in [-0.2, -0.15) is 0 Å². The Labute approximate surface area is 194 Å². The van der Waals surface area contributed by atoms with Crippen LogP contribution in [0.3, 0.4) is 0 Å². The van der Waals surface area contributed by atoms with Gasteiger partial charge in [0, 0.05) is 51.2 Å². The average molecular weight is 453 g/mol. The molecule has 9 heteroatoms. The molecule has 0 N–H and O–H groups in total. The van der Waals surface area contributed by atoms with Gasteiger partial charge >= 0.3 is 6.03 Å². The summed E-state index contributed by atoms with van der Waals surface area (Å²) in [7, 11) is 1.75. The molecule has 2 unspecified atom stereocenters. The normalized spacial score (nSPS) is 25.7. The minimum Gasteiger partial charge on any atom is -0.379 e. The van der Waals surface area contributed by atoms with Gasteiger partial charge in [0.1, 0.15) is 0 Å². The summed E-state index contributed by atoms with van der Waals surface area (Å²) in [6, 6.07) is 9.16. The molecule has 0 spiro atoms. The van der Waals surface area contributed by atoms with Crippen molar-refractivity contribution in [3.63, 3.8) is 0 Å². The number of ether oxygens (including phenoxy) is 1. The van der Waals surface area contributed by atoms with Crippen LogP contribution in [0.5, 0.6) is 0 Å². The Hall–Kier alpha value is -2.91. The SMILES string of the molecule is CC1=C(C)N2C(=NC3C2C(=O)N(CCc2ccccc2)C(=O)N3C)N1CCN1CCOCC1. The van der Waals surface area contributed by atoms with E-state index in [-0.39, 0.29) is 11.9 Å². The number of hydrogen-bond acceptors (Lipinski definition) is 7. The van der Waals surface area contributed by atoms with E-state index in [4.69, 9.17) is 9.73 Å². The molecule has 2 saturated heterocycles. The van der Waals surface area contributed by atoms with E-state index in [2.05, 4.69) is 16.7 Å². The number of allylic oxidation sites excluding steroid dienone is 2. The molecular formula is C24H32N6O3. The first-order chi connectivity index (χ1) is 16.0. The van der Waals surface area contributed by atoms with Crippen LogP contribution in [-0.2, 0) is 16.0 Å². The number of fused-ring (bicyclic) bond motifs is 3. The summed E-state index contributed by atoms with van der Waals surface area (Å²) in [6.07, 6.45) is 0.137. The fraction of sp³-hybridized carbons (Fsp3) is 0.542. The Kier molecular flexibility index (Phi) is 5.84. The highest BCUT2D eigenvalue weighted by Gasteiger charge is 2.55. The molecular weight excluding hydrogens is 420 g/mol. The van der Waals surface area contributed by atoms with Crippen LogP contribution >= 0.6 is 0 Å². The van der Waals surface area contributed by atoms with Crippen molar-refractivity contribution in [2.45, 2.75) is 32.5 Å². The number of morpholine rings is 1. The lowest BCUT2D eigenvalue weighted by Crippen LogP contribution is -2.64. The molecule has 0 radical (unpaired) electrons. The maximum absolute atomic E-state index is 13.6. The van der Waals surface area contributed by atoms with Crippen molar-refractivity contribution >= 4 is 17.9 Å². The van der Waals surface area contributed by atoms with E-state index >= 15 is 0 Å². The second-order valence-corrected chi connectivity index (χ2v) is 9.05. The quantitative estimate of drug-likeness (QED) is 0.650. The largest absolute Gasteiger partial charge is 0.379 e. The zero-order chi connectivity index (χ0) is 23.1. The molecule has 2 atom stereocenters. The number of imide groups is 1. The number of hydrogen-bond donors (Lipinski definition) is 0. The highest BCUT2D eigenvalue weighted by atomic mass is 16.5. The van der Waals surface area contributed by atoms with Gasteiger partial charge in [0.2, 0.25) is 5.96 Å². The van der Waals surface area contributed by atoms with Crippen LogP contribution in [0.4, 0.5) is 4.79 Å². The molecule has 5 rings (SSSR count). The van der Waals surface area contributed by atoms with Gasteiger partial charge in [-0.3, -0.25) is 19.5 Å². The first kappa shape index (κ1) is 21.9. The molecule has 4 aliphatic heterocycles. The Morgan fingerprint density at radius 1 is 0.970 bits per heavy atom. The van der Waals surface area contributed by atoms with Crippen molar-refractivity contribution in [1.29, 1.82) is 0 Å². The first-order valence-electron chi connectivity index (χ1n) is 11.7. The molecule has 1 aromatic carbocycles. The van der Waals surface area contributed by atoms with Crippen LogP contribution < -0.4 is 0 Å². The molecule has 0 aromatic heterocycles. The van der Waals surface area contributed by atoms with E-state index in [1.807, 2.05) is 42.2 Å². The van der Waals surface area contributed by atoms with Gasteiger partial charge < -0.3 is 14.5 Å². The molecule has 33 heavy (non-hydrogen) atoms. The molecule has 3 amide bonds. The van der Waals surface area contributed by atoms with Gasteiger partial charge in [-0.05, 0) is 25.8 Å². The molecule has 1 aromatic rings. The van der Waals surface area contributed by atoms with Crippen LogP contribution in [0.25, 0.3) is 0 Å². The third-order valence-corrected chi connectivity index (χ3v) is 7.21. The maximum Gasteiger partial charge on any atom is 0.328 e. The number of nitrogens with zero attached hydrogens (tertiary/aromatic N) is 6. The Balaban J connectivity index is 1.34. The predicted octanol–water partition coefficient (Wildman–Crippen LogP) is 1.39. The van der Waals surface area contributed by atoms with E-state index in [0.717, 1.165) is 62.3 Å². The molecule has 176 valence electrons. The van der Waals surface area contributed by atoms with Crippen LogP contribution in [0, 0.1) is 0 Å². The molecule has 2 fully saturated rings. The summed E-state index contributed by atoms with van der Waals surface area (Å²) >= 11 is 0. The summed E-state index contributed by atoms with van der Waals surface area (Å²) in [5.74, 6) is 0.617. The van der Waals surface area contributed by atoms with Gasteiger partial charge in [0.25, 0.3) is 5.91 Å². The molecule has 4 aliphatic rings. The molecule has 9 nitrogen and oxygen atoms in total. The van der Waals surface area contributed by atoms with Crippen molar-refractivity contribution < 1.29 is 14.3 Å². The van der Waals surface area contributed by atoms with E-state index in [1.165, 1.54) is 4.90 Å². The topological polar surface area (TPSA) is 71.9 Å². The minimum atomic E-state index is -0.512. The number of likely N-dealkylation sites (N-methyl/N-ethyl adjacent to an activating group) is 1. The fourth-order valence-electron chi connectivity index (χ4n) is 5.11. The second-order valence-electron chi connectivity index (χ2n) is 9.05. The number of benzene rings is 1. The highest BCUT2D eigenvalue weighted by molar-refractivity contribution is 6.05. The Morgan fingerprint density at radius 3 is 2.42 bits per heavy atom. The predicted molar refractivity (Wildman–Crippen MR) is 124 cm³/mol. The van der Waals surface area contributed by atoms with Gasteiger partial charge in [0.05, 0.1) is 13.2 Å². The van der Waals surface area contributed by atoms with Gasteiger partial charge in [-0.15, -0.1) is 0 Å². The maximum atomic E-state index is 13.6. The van der Waals surface area contributed by atoms with E-state index < -0.39 is 12.2 Å². The van der Waals surface area contributed by atoms with Crippen LogP contribution in [0.1, 0.15) is 19.4 Å². The van der Waals surface area contributed by atoms with Crippen LogP contribution in [0.15, 0.2) is 46.7 Å².